The first-order valence-corrected chi connectivity index (χ1v) is 12.4. The molecule has 4 rings (SSSR count). The number of fused-ring (bicyclic) bond motifs is 1. The van der Waals surface area contributed by atoms with Crippen LogP contribution in [0.2, 0.25) is 0 Å². The maximum atomic E-state index is 13.2. The first-order valence-electron chi connectivity index (χ1n) is 10.6. The Morgan fingerprint density at radius 2 is 1.85 bits per heavy atom. The highest BCUT2D eigenvalue weighted by molar-refractivity contribution is 7.91. The third kappa shape index (κ3) is 4.46. The summed E-state index contributed by atoms with van der Waals surface area (Å²) in [6.07, 6.45) is 2.92. The van der Waals surface area contributed by atoms with Gasteiger partial charge < -0.3 is 10.1 Å². The van der Waals surface area contributed by atoms with Gasteiger partial charge in [-0.2, -0.15) is 13.8 Å². The summed E-state index contributed by atoms with van der Waals surface area (Å²) in [7, 11) is -3.08. The van der Waals surface area contributed by atoms with Gasteiger partial charge in [0.25, 0.3) is 5.91 Å². The van der Waals surface area contributed by atoms with Gasteiger partial charge in [-0.15, -0.1) is 0 Å². The number of hydrogen-bond acceptors (Lipinski definition) is 7. The summed E-state index contributed by atoms with van der Waals surface area (Å²) in [5, 5.41) is 2.94. The van der Waals surface area contributed by atoms with Gasteiger partial charge in [-0.05, 0) is 57.4 Å². The molecule has 1 aromatic heterocycles. The van der Waals surface area contributed by atoms with Crippen molar-refractivity contribution in [2.75, 3.05) is 16.4 Å². The number of rotatable bonds is 5. The molecule has 0 unspecified atom stereocenters. The summed E-state index contributed by atoms with van der Waals surface area (Å²) in [5.41, 5.74) is -0.361. The number of anilines is 2. The van der Waals surface area contributed by atoms with Crippen molar-refractivity contribution in [3.8, 4) is 5.88 Å². The van der Waals surface area contributed by atoms with Gasteiger partial charge in [0.2, 0.25) is 11.8 Å². The van der Waals surface area contributed by atoms with E-state index in [1.807, 2.05) is 6.92 Å². The third-order valence-corrected chi connectivity index (χ3v) is 7.95. The first-order chi connectivity index (χ1) is 15.8. The minimum Gasteiger partial charge on any atom is -0.415 e. The molecule has 0 spiro atoms. The molecule has 34 heavy (non-hydrogen) atoms. The number of amides is 2. The fourth-order valence-corrected chi connectivity index (χ4v) is 5.89. The number of aromatic nitrogens is 2. The van der Waals surface area contributed by atoms with E-state index in [-0.39, 0.29) is 29.1 Å². The van der Waals surface area contributed by atoms with Crippen LogP contribution in [0.15, 0.2) is 30.6 Å². The van der Waals surface area contributed by atoms with E-state index >= 15 is 0 Å². The van der Waals surface area contributed by atoms with Crippen molar-refractivity contribution in [3.05, 3.63) is 41.7 Å². The minimum atomic E-state index is -3.09. The second-order valence-corrected chi connectivity index (χ2v) is 11.6. The van der Waals surface area contributed by atoms with Crippen LogP contribution >= 0.6 is 0 Å². The summed E-state index contributed by atoms with van der Waals surface area (Å²) < 4.78 is 52.9. The van der Waals surface area contributed by atoms with Gasteiger partial charge in [-0.3, -0.25) is 19.5 Å². The highest BCUT2D eigenvalue weighted by Crippen LogP contribution is 2.45. The average molecular weight is 495 g/mol. The van der Waals surface area contributed by atoms with Crippen LogP contribution in [0.1, 0.15) is 49.5 Å². The van der Waals surface area contributed by atoms with Crippen molar-refractivity contribution in [1.29, 1.82) is 0 Å². The Labute approximate surface area is 195 Å². The Balaban J connectivity index is 1.63. The molecule has 2 aliphatic rings. The fraction of sp³-hybridized carbons (Fsp3) is 0.455. The maximum absolute atomic E-state index is 13.2. The topological polar surface area (TPSA) is 119 Å². The molecule has 0 atom stereocenters. The Kier molecular flexibility index (Phi) is 5.83. The van der Waals surface area contributed by atoms with Crippen LogP contribution in [-0.2, 0) is 20.0 Å². The number of hydrogen-bond donors (Lipinski definition) is 1. The van der Waals surface area contributed by atoms with E-state index in [2.05, 4.69) is 20.0 Å². The molecule has 0 saturated carbocycles. The number of nitrogens with one attached hydrogen (secondary N) is 1. The molecule has 2 amide bonds. The smallest absolute Gasteiger partial charge is 0.388 e. The normalized spacial score (nSPS) is 20.2. The molecule has 1 N–H and O–H groups in total. The van der Waals surface area contributed by atoms with E-state index in [1.165, 1.54) is 11.1 Å². The molecule has 0 aliphatic carbocycles. The summed E-state index contributed by atoms with van der Waals surface area (Å²) >= 11 is 0. The highest BCUT2D eigenvalue weighted by Gasteiger charge is 2.46. The molecular formula is C22H24F2N4O5S. The molecule has 3 heterocycles. The van der Waals surface area contributed by atoms with Gasteiger partial charge in [0, 0.05) is 11.1 Å². The molecule has 182 valence electrons. The van der Waals surface area contributed by atoms with Gasteiger partial charge in [0.15, 0.2) is 5.82 Å². The standard InChI is InChI=1S/C22H24F2N4O5S/c1-21(2)14-10-13(18(29)27-22(3)6-8-34(31,32)9-7-22)4-5-15(14)28(19(21)30)16-11-25-12-17(26-16)33-20(23)24/h4-5,10-12,20H,6-9H2,1-3H3,(H,27,29). The van der Waals surface area contributed by atoms with Crippen LogP contribution in [0, 0.1) is 0 Å². The van der Waals surface area contributed by atoms with E-state index in [0.29, 0.717) is 29.7 Å². The Morgan fingerprint density at radius 1 is 1.18 bits per heavy atom. The zero-order chi connectivity index (χ0) is 24.9. The zero-order valence-corrected chi connectivity index (χ0v) is 19.7. The van der Waals surface area contributed by atoms with Crippen molar-refractivity contribution < 1.29 is 31.5 Å². The number of halogens is 2. The SMILES string of the molecule is CC1(NC(=O)c2ccc3c(c2)C(C)(C)C(=O)N3c2cncc(OC(F)F)n2)CCS(=O)(=O)CC1. The molecule has 0 radical (unpaired) electrons. The number of carbonyl (C=O) groups excluding carboxylic acids is 2. The second-order valence-electron chi connectivity index (χ2n) is 9.26. The van der Waals surface area contributed by atoms with Crippen LogP contribution in [0.25, 0.3) is 0 Å². The predicted octanol–water partition coefficient (Wildman–Crippen LogP) is 2.73. The Bertz CT molecular complexity index is 1250. The average Bonchev–Trinajstić information content (AvgIpc) is 2.95. The lowest BCUT2D eigenvalue weighted by atomic mass is 9.85. The van der Waals surface area contributed by atoms with Gasteiger partial charge in [-0.25, -0.2) is 8.42 Å². The second kappa shape index (κ2) is 8.26. The molecule has 1 fully saturated rings. The van der Waals surface area contributed by atoms with Gasteiger partial charge in [0.1, 0.15) is 9.84 Å². The molecule has 0 bridgehead atoms. The van der Waals surface area contributed by atoms with E-state index in [9.17, 15) is 26.8 Å². The van der Waals surface area contributed by atoms with Crippen LogP contribution in [0.3, 0.4) is 0 Å². The summed E-state index contributed by atoms with van der Waals surface area (Å²) in [6.45, 7) is 2.11. The number of carbonyl (C=O) groups is 2. The minimum absolute atomic E-state index is 0.0137. The number of alkyl halides is 2. The van der Waals surface area contributed by atoms with Crippen molar-refractivity contribution in [2.24, 2.45) is 0 Å². The highest BCUT2D eigenvalue weighted by atomic mass is 32.2. The van der Waals surface area contributed by atoms with Crippen molar-refractivity contribution in [1.82, 2.24) is 15.3 Å². The zero-order valence-electron chi connectivity index (χ0n) is 18.8. The molecule has 2 aromatic rings. The van der Waals surface area contributed by atoms with Gasteiger partial charge in [-0.1, -0.05) is 0 Å². The van der Waals surface area contributed by atoms with E-state index in [0.717, 1.165) is 6.20 Å². The molecule has 12 heteroatoms. The van der Waals surface area contributed by atoms with E-state index in [1.54, 1.807) is 32.0 Å². The first kappa shape index (κ1) is 24.0. The predicted molar refractivity (Wildman–Crippen MR) is 119 cm³/mol. The molecule has 9 nitrogen and oxygen atoms in total. The van der Waals surface area contributed by atoms with Crippen LogP contribution in [-0.4, -0.2) is 53.9 Å². The quantitative estimate of drug-likeness (QED) is 0.679. The van der Waals surface area contributed by atoms with E-state index in [4.69, 9.17) is 0 Å². The molecular weight excluding hydrogens is 470 g/mol. The maximum Gasteiger partial charge on any atom is 0.388 e. The lowest BCUT2D eigenvalue weighted by Crippen LogP contribution is -2.50. The Hall–Kier alpha value is -3.15. The molecule has 2 aliphatic heterocycles. The number of nitrogens with zero attached hydrogens (tertiary/aromatic N) is 3. The fourth-order valence-electron chi connectivity index (χ4n) is 4.16. The van der Waals surface area contributed by atoms with Gasteiger partial charge >= 0.3 is 6.61 Å². The largest absolute Gasteiger partial charge is 0.415 e. The van der Waals surface area contributed by atoms with Gasteiger partial charge in [0.05, 0.1) is 35.0 Å². The monoisotopic (exact) mass is 494 g/mol. The Morgan fingerprint density at radius 3 is 2.50 bits per heavy atom. The lowest BCUT2D eigenvalue weighted by molar-refractivity contribution is -0.121. The van der Waals surface area contributed by atoms with Crippen LogP contribution < -0.4 is 15.0 Å². The van der Waals surface area contributed by atoms with Crippen LogP contribution in [0.4, 0.5) is 20.3 Å². The molecule has 1 saturated heterocycles. The number of benzene rings is 1. The molecule has 1 aromatic carbocycles. The summed E-state index contributed by atoms with van der Waals surface area (Å²) in [4.78, 5) is 35.3. The summed E-state index contributed by atoms with van der Waals surface area (Å²) in [6, 6.07) is 4.75. The lowest BCUT2D eigenvalue weighted by Gasteiger charge is -2.34. The number of ether oxygens (including phenoxy) is 1. The van der Waals surface area contributed by atoms with Crippen LogP contribution in [0.5, 0.6) is 5.88 Å². The number of sulfone groups is 1. The van der Waals surface area contributed by atoms with Crippen molar-refractivity contribution >= 4 is 33.2 Å². The van der Waals surface area contributed by atoms with Crippen molar-refractivity contribution in [3.63, 3.8) is 0 Å². The van der Waals surface area contributed by atoms with E-state index < -0.39 is 33.3 Å². The van der Waals surface area contributed by atoms with Crippen molar-refractivity contribution in [2.45, 2.75) is 51.2 Å². The summed E-state index contributed by atoms with van der Waals surface area (Å²) in [5.74, 6) is -1.13. The third-order valence-electron chi connectivity index (χ3n) is 6.29.